The molecule has 5 nitrogen and oxygen atoms in total. The molecule has 0 spiro atoms. The highest BCUT2D eigenvalue weighted by molar-refractivity contribution is 5.84. The standard InChI is InChI=1S/C15H20N2O3/c1-2-12(16)8-14(18)17-9-11-6-4-3-5-10(11)7-13(17)15(19)20/h3-6,12-13H,2,7-9,16H2,1H3,(H,19,20)/t12?,13-/m1/s1. The third-order valence-electron chi connectivity index (χ3n) is 3.82. The van der Waals surface area contributed by atoms with Gasteiger partial charge in [-0.3, -0.25) is 4.79 Å². The Morgan fingerprint density at radius 3 is 2.65 bits per heavy atom. The van der Waals surface area contributed by atoms with E-state index in [0.29, 0.717) is 19.4 Å². The normalized spacial score (nSPS) is 19.3. The molecule has 0 fully saturated rings. The van der Waals surface area contributed by atoms with Gasteiger partial charge < -0.3 is 15.7 Å². The minimum atomic E-state index is -0.960. The summed E-state index contributed by atoms with van der Waals surface area (Å²) in [5.41, 5.74) is 7.82. The molecule has 1 aromatic rings. The second-order valence-electron chi connectivity index (χ2n) is 5.22. The monoisotopic (exact) mass is 276 g/mol. The van der Waals surface area contributed by atoms with Crippen molar-refractivity contribution in [3.63, 3.8) is 0 Å². The van der Waals surface area contributed by atoms with E-state index in [-0.39, 0.29) is 18.4 Å². The predicted octanol–water partition coefficient (Wildman–Crippen LogP) is 1.15. The van der Waals surface area contributed by atoms with E-state index in [4.69, 9.17) is 5.73 Å². The molecule has 1 aliphatic heterocycles. The summed E-state index contributed by atoms with van der Waals surface area (Å²) in [6.45, 7) is 2.26. The van der Waals surface area contributed by atoms with E-state index in [1.165, 1.54) is 4.90 Å². The Morgan fingerprint density at radius 2 is 2.05 bits per heavy atom. The van der Waals surface area contributed by atoms with E-state index < -0.39 is 12.0 Å². The molecule has 1 unspecified atom stereocenters. The minimum absolute atomic E-state index is 0.179. The Balaban J connectivity index is 2.22. The van der Waals surface area contributed by atoms with Crippen LogP contribution in [0.15, 0.2) is 24.3 Å². The molecule has 20 heavy (non-hydrogen) atoms. The number of carboxylic acid groups (broad SMARTS) is 1. The highest BCUT2D eigenvalue weighted by Gasteiger charge is 2.34. The number of fused-ring (bicyclic) bond motifs is 1. The molecule has 2 rings (SSSR count). The average molecular weight is 276 g/mol. The zero-order valence-corrected chi connectivity index (χ0v) is 11.6. The van der Waals surface area contributed by atoms with Crippen LogP contribution in [-0.2, 0) is 22.6 Å². The first-order valence-corrected chi connectivity index (χ1v) is 6.87. The van der Waals surface area contributed by atoms with Crippen molar-refractivity contribution >= 4 is 11.9 Å². The Bertz CT molecular complexity index is 516. The van der Waals surface area contributed by atoms with Gasteiger partial charge >= 0.3 is 5.97 Å². The lowest BCUT2D eigenvalue weighted by atomic mass is 9.93. The second kappa shape index (κ2) is 6.05. The van der Waals surface area contributed by atoms with Crippen molar-refractivity contribution in [1.82, 2.24) is 4.90 Å². The van der Waals surface area contributed by atoms with Crippen LogP contribution < -0.4 is 5.73 Å². The fourth-order valence-corrected chi connectivity index (χ4v) is 2.49. The number of aliphatic carboxylic acids is 1. The van der Waals surface area contributed by atoms with Crippen LogP contribution in [0.4, 0.5) is 0 Å². The second-order valence-corrected chi connectivity index (χ2v) is 5.22. The number of carbonyl (C=O) groups excluding carboxylic acids is 1. The molecule has 2 atom stereocenters. The molecule has 0 aromatic heterocycles. The smallest absolute Gasteiger partial charge is 0.326 e. The average Bonchev–Trinajstić information content (AvgIpc) is 2.45. The van der Waals surface area contributed by atoms with Crippen LogP contribution in [0.3, 0.4) is 0 Å². The molecular weight excluding hydrogens is 256 g/mol. The third-order valence-corrected chi connectivity index (χ3v) is 3.82. The van der Waals surface area contributed by atoms with Crippen LogP contribution in [-0.4, -0.2) is 34.0 Å². The molecule has 3 N–H and O–H groups in total. The molecule has 0 saturated carbocycles. The summed E-state index contributed by atoms with van der Waals surface area (Å²) in [6, 6.07) is 6.65. The van der Waals surface area contributed by atoms with E-state index in [1.807, 2.05) is 31.2 Å². The van der Waals surface area contributed by atoms with Gasteiger partial charge in [0.1, 0.15) is 6.04 Å². The largest absolute Gasteiger partial charge is 0.480 e. The fraction of sp³-hybridized carbons (Fsp3) is 0.467. The van der Waals surface area contributed by atoms with E-state index in [2.05, 4.69) is 0 Å². The first-order valence-electron chi connectivity index (χ1n) is 6.87. The number of hydrogen-bond donors (Lipinski definition) is 2. The number of benzene rings is 1. The highest BCUT2D eigenvalue weighted by Crippen LogP contribution is 2.24. The molecule has 0 aliphatic carbocycles. The zero-order valence-electron chi connectivity index (χ0n) is 11.6. The molecule has 108 valence electrons. The van der Waals surface area contributed by atoms with Gasteiger partial charge in [0.2, 0.25) is 5.91 Å². The molecule has 0 bridgehead atoms. The highest BCUT2D eigenvalue weighted by atomic mass is 16.4. The van der Waals surface area contributed by atoms with Gasteiger partial charge in [0.25, 0.3) is 0 Å². The molecular formula is C15H20N2O3. The van der Waals surface area contributed by atoms with Crippen molar-refractivity contribution in [1.29, 1.82) is 0 Å². The summed E-state index contributed by atoms with van der Waals surface area (Å²) in [5.74, 6) is -1.14. The van der Waals surface area contributed by atoms with Crippen LogP contribution in [0, 0.1) is 0 Å². The van der Waals surface area contributed by atoms with Gasteiger partial charge in [-0.05, 0) is 17.5 Å². The van der Waals surface area contributed by atoms with Crippen molar-refractivity contribution in [2.45, 2.75) is 44.8 Å². The SMILES string of the molecule is CCC(N)CC(=O)N1Cc2ccccc2C[C@@H]1C(=O)O. The van der Waals surface area contributed by atoms with Crippen molar-refractivity contribution in [3.8, 4) is 0 Å². The van der Waals surface area contributed by atoms with Gasteiger partial charge in [-0.2, -0.15) is 0 Å². The van der Waals surface area contributed by atoms with Gasteiger partial charge in [0.05, 0.1) is 0 Å². The first-order chi connectivity index (χ1) is 9.52. The van der Waals surface area contributed by atoms with Crippen molar-refractivity contribution in [3.05, 3.63) is 35.4 Å². The lowest BCUT2D eigenvalue weighted by Gasteiger charge is -2.35. The number of amides is 1. The van der Waals surface area contributed by atoms with Crippen LogP contribution in [0.2, 0.25) is 0 Å². The summed E-state index contributed by atoms with van der Waals surface area (Å²) in [5, 5.41) is 9.35. The van der Waals surface area contributed by atoms with E-state index in [9.17, 15) is 14.7 Å². The van der Waals surface area contributed by atoms with Gasteiger partial charge in [0.15, 0.2) is 0 Å². The molecule has 0 radical (unpaired) electrons. The van der Waals surface area contributed by atoms with Crippen molar-refractivity contribution in [2.75, 3.05) is 0 Å². The third kappa shape index (κ3) is 2.99. The lowest BCUT2D eigenvalue weighted by molar-refractivity contribution is -0.151. The summed E-state index contributed by atoms with van der Waals surface area (Å²) in [4.78, 5) is 25.1. The Labute approximate surface area is 118 Å². The van der Waals surface area contributed by atoms with Gasteiger partial charge in [-0.25, -0.2) is 4.79 Å². The quantitative estimate of drug-likeness (QED) is 0.864. The maximum atomic E-state index is 12.3. The number of nitrogens with two attached hydrogens (primary N) is 1. The first kappa shape index (κ1) is 14.5. The summed E-state index contributed by atoms with van der Waals surface area (Å²) >= 11 is 0. The zero-order chi connectivity index (χ0) is 14.7. The van der Waals surface area contributed by atoms with Crippen LogP contribution >= 0.6 is 0 Å². The number of rotatable bonds is 4. The van der Waals surface area contributed by atoms with Crippen LogP contribution in [0.1, 0.15) is 30.9 Å². The van der Waals surface area contributed by atoms with Crippen molar-refractivity contribution < 1.29 is 14.7 Å². The number of hydrogen-bond acceptors (Lipinski definition) is 3. The van der Waals surface area contributed by atoms with E-state index in [0.717, 1.165) is 11.1 Å². The van der Waals surface area contributed by atoms with Crippen LogP contribution in [0.25, 0.3) is 0 Å². The van der Waals surface area contributed by atoms with E-state index in [1.54, 1.807) is 0 Å². The van der Waals surface area contributed by atoms with Crippen LogP contribution in [0.5, 0.6) is 0 Å². The minimum Gasteiger partial charge on any atom is -0.480 e. The molecule has 0 saturated heterocycles. The maximum absolute atomic E-state index is 12.3. The Hall–Kier alpha value is -1.88. The molecule has 1 heterocycles. The molecule has 1 aromatic carbocycles. The van der Waals surface area contributed by atoms with Gasteiger partial charge in [0, 0.05) is 25.4 Å². The summed E-state index contributed by atoms with van der Waals surface area (Å²) in [6.07, 6.45) is 1.26. The number of carbonyl (C=O) groups is 2. The summed E-state index contributed by atoms with van der Waals surface area (Å²) < 4.78 is 0. The number of carboxylic acids is 1. The molecule has 1 amide bonds. The summed E-state index contributed by atoms with van der Waals surface area (Å²) in [7, 11) is 0. The fourth-order valence-electron chi connectivity index (χ4n) is 2.49. The molecule has 5 heteroatoms. The van der Waals surface area contributed by atoms with Crippen molar-refractivity contribution in [2.24, 2.45) is 5.73 Å². The van der Waals surface area contributed by atoms with Gasteiger partial charge in [-0.1, -0.05) is 31.2 Å². The topological polar surface area (TPSA) is 83.6 Å². The lowest BCUT2D eigenvalue weighted by Crippen LogP contribution is -2.49. The number of nitrogens with zero attached hydrogens (tertiary/aromatic N) is 1. The maximum Gasteiger partial charge on any atom is 0.326 e. The Morgan fingerprint density at radius 1 is 1.40 bits per heavy atom. The van der Waals surface area contributed by atoms with E-state index >= 15 is 0 Å². The Kier molecular flexibility index (Phi) is 4.39. The predicted molar refractivity (Wildman–Crippen MR) is 75.0 cm³/mol. The molecule has 1 aliphatic rings. The van der Waals surface area contributed by atoms with Gasteiger partial charge in [-0.15, -0.1) is 0 Å².